The molecular weight excluding hydrogens is 1110 g/mol. The van der Waals surface area contributed by atoms with Crippen molar-refractivity contribution < 1.29 is 0 Å². The van der Waals surface area contributed by atoms with Crippen LogP contribution in [0, 0.1) is 0 Å². The molecule has 5 aliphatic carbocycles. The molecule has 0 amide bonds. The molecule has 0 saturated carbocycles. The lowest BCUT2D eigenvalue weighted by atomic mass is 9.74. The smallest absolute Gasteiger partial charge is 0.0467 e. The third-order valence-corrected chi connectivity index (χ3v) is 22.8. The number of hydrogen-bond acceptors (Lipinski definition) is 2. The molecule has 1 unspecified atom stereocenters. The van der Waals surface area contributed by atoms with Crippen LogP contribution in [0.3, 0.4) is 0 Å². The van der Waals surface area contributed by atoms with Crippen LogP contribution in [-0.4, -0.2) is 0 Å². The van der Waals surface area contributed by atoms with Crippen molar-refractivity contribution in [3.8, 4) is 66.8 Å². The van der Waals surface area contributed by atoms with Crippen LogP contribution in [0.5, 0.6) is 0 Å². The molecule has 0 radical (unpaired) electrons. The first-order valence-electron chi connectivity index (χ1n) is 33.3. The fraction of sp³-hybridized carbons (Fsp3) is 0.200. The Hall–Kier alpha value is -9.76. The van der Waals surface area contributed by atoms with Gasteiger partial charge in [-0.05, 0) is 219 Å². The Morgan fingerprint density at radius 2 is 0.522 bits per heavy atom. The molecule has 0 heterocycles. The standard InChI is InChI=1S/C90H78N2/c1-85(2)55-90(11,60-37-34-56(35-38-60)57-22-20-24-61(48-57)91(63-39-43-71-67-26-12-16-30-75(67)86(3,4)80(71)51-63)64-40-44-72-68-27-13-17-31-76(68)87(5,6)81(72)52-64)84-50-59(36-47-79(84)85)58-23-21-25-62(49-58)92(65-41-45-73-69-28-14-18-32-77(69)88(7,8)82(73)53-65)66-42-46-74-70-29-15-19-33-78(70)89(9,10)83(74)54-66/h12-54H,55H2,1-11H3. The molecule has 0 N–H and O–H groups in total. The second kappa shape index (κ2) is 19.6. The third kappa shape index (κ3) is 8.11. The predicted molar refractivity (Wildman–Crippen MR) is 387 cm³/mol. The number of anilines is 6. The molecule has 0 saturated heterocycles. The highest BCUT2D eigenvalue weighted by molar-refractivity contribution is 5.92. The zero-order chi connectivity index (χ0) is 63.0. The van der Waals surface area contributed by atoms with Crippen LogP contribution >= 0.6 is 0 Å². The van der Waals surface area contributed by atoms with Crippen molar-refractivity contribution in [2.75, 3.05) is 9.80 Å². The second-order valence-electron chi connectivity index (χ2n) is 30.1. The Kier molecular flexibility index (Phi) is 12.0. The molecule has 0 fully saturated rings. The van der Waals surface area contributed by atoms with Gasteiger partial charge in [-0.2, -0.15) is 0 Å². The van der Waals surface area contributed by atoms with Crippen molar-refractivity contribution in [2.24, 2.45) is 0 Å². The van der Waals surface area contributed by atoms with E-state index in [1.165, 1.54) is 128 Å². The van der Waals surface area contributed by atoms with Gasteiger partial charge in [-0.1, -0.05) is 258 Å². The maximum atomic E-state index is 2.53. The van der Waals surface area contributed by atoms with Crippen LogP contribution in [0.25, 0.3) is 66.8 Å². The van der Waals surface area contributed by atoms with Gasteiger partial charge < -0.3 is 9.80 Å². The Bertz CT molecular complexity index is 4870. The van der Waals surface area contributed by atoms with Gasteiger partial charge in [-0.15, -0.1) is 0 Å². The van der Waals surface area contributed by atoms with E-state index in [0.717, 1.165) is 40.5 Å². The van der Waals surface area contributed by atoms with Crippen LogP contribution in [-0.2, 0) is 32.5 Å². The van der Waals surface area contributed by atoms with Crippen molar-refractivity contribution in [2.45, 2.75) is 115 Å². The van der Waals surface area contributed by atoms with Crippen molar-refractivity contribution in [3.05, 3.63) is 322 Å². The van der Waals surface area contributed by atoms with Gasteiger partial charge in [0.25, 0.3) is 0 Å². The van der Waals surface area contributed by atoms with Crippen molar-refractivity contribution in [1.29, 1.82) is 0 Å². The van der Waals surface area contributed by atoms with Gasteiger partial charge in [-0.25, -0.2) is 0 Å². The second-order valence-corrected chi connectivity index (χ2v) is 30.1. The van der Waals surface area contributed by atoms with Gasteiger partial charge in [0.15, 0.2) is 0 Å². The van der Waals surface area contributed by atoms with E-state index < -0.39 is 0 Å². The number of fused-ring (bicyclic) bond motifs is 13. The molecule has 5 aliphatic rings. The summed E-state index contributed by atoms with van der Waals surface area (Å²) < 4.78 is 0. The van der Waals surface area contributed by atoms with Crippen LogP contribution < -0.4 is 9.80 Å². The first-order chi connectivity index (χ1) is 44.2. The minimum absolute atomic E-state index is 0.0230. The fourth-order valence-corrected chi connectivity index (χ4v) is 18.0. The van der Waals surface area contributed by atoms with Gasteiger partial charge in [0.1, 0.15) is 0 Å². The summed E-state index contributed by atoms with van der Waals surface area (Å²) in [4.78, 5) is 5.01. The average Bonchev–Trinajstić information content (AvgIpc) is 1.59. The van der Waals surface area contributed by atoms with Crippen molar-refractivity contribution in [3.63, 3.8) is 0 Å². The highest BCUT2D eigenvalue weighted by Gasteiger charge is 2.47. The largest absolute Gasteiger partial charge is 0.310 e. The molecule has 17 rings (SSSR count). The van der Waals surface area contributed by atoms with Gasteiger partial charge in [0, 0.05) is 61.2 Å². The molecule has 0 spiro atoms. The Labute approximate surface area is 544 Å². The molecule has 1 atom stereocenters. The third-order valence-electron chi connectivity index (χ3n) is 22.8. The number of nitrogens with zero attached hydrogens (tertiary/aromatic N) is 2. The highest BCUT2D eigenvalue weighted by Crippen LogP contribution is 2.58. The van der Waals surface area contributed by atoms with Gasteiger partial charge in [0.2, 0.25) is 0 Å². The number of rotatable bonds is 9. The predicted octanol–water partition coefficient (Wildman–Crippen LogP) is 24.2. The van der Waals surface area contributed by atoms with Crippen molar-refractivity contribution >= 4 is 34.1 Å². The van der Waals surface area contributed by atoms with E-state index in [0.29, 0.717) is 0 Å². The number of hydrogen-bond donors (Lipinski definition) is 0. The van der Waals surface area contributed by atoms with E-state index in [2.05, 4.69) is 347 Å². The molecule has 0 aromatic heterocycles. The lowest BCUT2D eigenvalue weighted by Gasteiger charge is -2.30. The van der Waals surface area contributed by atoms with E-state index in [1.54, 1.807) is 0 Å². The molecule has 2 heteroatoms. The van der Waals surface area contributed by atoms with E-state index in [9.17, 15) is 0 Å². The van der Waals surface area contributed by atoms with Crippen molar-refractivity contribution in [1.82, 2.24) is 0 Å². The molecule has 0 aliphatic heterocycles. The van der Waals surface area contributed by atoms with Gasteiger partial charge in [-0.3, -0.25) is 0 Å². The first kappa shape index (κ1) is 56.2. The van der Waals surface area contributed by atoms with Crippen LogP contribution in [0.1, 0.15) is 144 Å². The average molecular weight is 1190 g/mol. The van der Waals surface area contributed by atoms with Crippen LogP contribution in [0.2, 0.25) is 0 Å². The molecule has 2 nitrogen and oxygen atoms in total. The van der Waals surface area contributed by atoms with Crippen LogP contribution in [0.4, 0.5) is 34.1 Å². The maximum absolute atomic E-state index is 2.53. The highest BCUT2D eigenvalue weighted by atomic mass is 15.1. The zero-order valence-electron chi connectivity index (χ0n) is 54.9. The zero-order valence-corrected chi connectivity index (χ0v) is 54.9. The quantitative estimate of drug-likeness (QED) is 0.142. The molecule has 12 aromatic carbocycles. The summed E-state index contributed by atoms with van der Waals surface area (Å²) in [5.74, 6) is 0. The Morgan fingerprint density at radius 3 is 0.891 bits per heavy atom. The van der Waals surface area contributed by atoms with E-state index in [1.807, 2.05) is 0 Å². The van der Waals surface area contributed by atoms with Crippen LogP contribution in [0.15, 0.2) is 261 Å². The topological polar surface area (TPSA) is 6.48 Å². The summed E-state index contributed by atoms with van der Waals surface area (Å²) in [6, 6.07) is 100. The van der Waals surface area contributed by atoms with Gasteiger partial charge in [0.05, 0.1) is 0 Å². The summed E-state index contributed by atoms with van der Waals surface area (Å²) in [6.45, 7) is 26.4. The van der Waals surface area contributed by atoms with E-state index in [4.69, 9.17) is 0 Å². The Balaban J connectivity index is 0.728. The minimum atomic E-state index is -0.221. The lowest BCUT2D eigenvalue weighted by molar-refractivity contribution is 0.425. The lowest BCUT2D eigenvalue weighted by Crippen LogP contribution is -2.23. The maximum Gasteiger partial charge on any atom is 0.0467 e. The normalized spacial score (nSPS) is 17.7. The summed E-state index contributed by atoms with van der Waals surface area (Å²) in [7, 11) is 0. The molecule has 12 aromatic rings. The molecule has 448 valence electrons. The monoisotopic (exact) mass is 1190 g/mol. The summed E-state index contributed by atoms with van der Waals surface area (Å²) >= 11 is 0. The minimum Gasteiger partial charge on any atom is -0.310 e. The molecule has 92 heavy (non-hydrogen) atoms. The first-order valence-corrected chi connectivity index (χ1v) is 33.3. The number of benzene rings is 12. The molecular formula is C90H78N2. The molecule has 0 bridgehead atoms. The van der Waals surface area contributed by atoms with E-state index >= 15 is 0 Å². The summed E-state index contributed by atoms with van der Waals surface area (Å²) in [5.41, 5.74) is 36.8. The fourth-order valence-electron chi connectivity index (χ4n) is 18.0. The van der Waals surface area contributed by atoms with Gasteiger partial charge >= 0.3 is 0 Å². The van der Waals surface area contributed by atoms with E-state index in [-0.39, 0.29) is 32.5 Å². The Morgan fingerprint density at radius 1 is 0.217 bits per heavy atom. The summed E-state index contributed by atoms with van der Waals surface area (Å²) in [6.07, 6.45) is 1.01. The summed E-state index contributed by atoms with van der Waals surface area (Å²) in [5, 5.41) is 0. The SMILES string of the molecule is CC1(C)CC(C)(c2ccc(-c3cccc(N(c4ccc5c(c4)C(C)(C)c4ccccc4-5)c4ccc5c(c4)C(C)(C)c4ccccc4-5)c3)cc2)c2cc(-c3cccc(N(c4ccc5c(c4)C(C)(C)c4ccccc4-5)c4ccc5c(c4)C(C)(C)c4ccccc4-5)c3)ccc21.